The van der Waals surface area contributed by atoms with Crippen molar-refractivity contribution in [3.8, 4) is 74.4 Å². The van der Waals surface area contributed by atoms with Gasteiger partial charge in [0.1, 0.15) is 11.9 Å². The van der Waals surface area contributed by atoms with Gasteiger partial charge >= 0.3 is 0 Å². The van der Waals surface area contributed by atoms with E-state index in [-0.39, 0.29) is 0 Å². The van der Waals surface area contributed by atoms with Crippen LogP contribution >= 0.6 is 0 Å². The van der Waals surface area contributed by atoms with Crippen molar-refractivity contribution in [3.63, 3.8) is 0 Å². The average molecular weight is 819 g/mol. The highest BCUT2D eigenvalue weighted by atomic mass is 15.1. The van der Waals surface area contributed by atoms with Gasteiger partial charge in [-0.25, -0.2) is 24.9 Å². The Labute approximate surface area is 367 Å². The minimum absolute atomic E-state index is 0.485. The van der Waals surface area contributed by atoms with Gasteiger partial charge in [-0.2, -0.15) is 5.26 Å². The molecule has 8 aromatic carbocycles. The molecule has 0 aliphatic heterocycles. The Kier molecular flexibility index (Phi) is 8.69. The number of hydrogen-bond acceptors (Lipinski definition) is 6. The molecule has 0 saturated carbocycles. The maximum absolute atomic E-state index is 11.0. The van der Waals surface area contributed by atoms with Crippen molar-refractivity contribution in [2.75, 3.05) is 0 Å². The van der Waals surface area contributed by atoms with Gasteiger partial charge in [-0.3, -0.25) is 4.57 Å². The molecule has 0 aliphatic rings. The third-order valence-corrected chi connectivity index (χ3v) is 11.8. The first-order valence-electron chi connectivity index (χ1n) is 21.1. The molecule has 8 nitrogen and oxygen atoms in total. The largest absolute Gasteiger partial charge is 0.308 e. The molecule has 4 aromatic heterocycles. The van der Waals surface area contributed by atoms with Gasteiger partial charge in [-0.05, 0) is 36.4 Å². The molecular formula is C56H34N8. The van der Waals surface area contributed by atoms with Crippen LogP contribution in [0.2, 0.25) is 0 Å². The minimum atomic E-state index is 0.485. The second-order valence-electron chi connectivity index (χ2n) is 15.6. The zero-order chi connectivity index (χ0) is 42.6. The van der Waals surface area contributed by atoms with Gasteiger partial charge in [-0.15, -0.1) is 0 Å². The van der Waals surface area contributed by atoms with Crippen LogP contribution in [0.15, 0.2) is 206 Å². The zero-order valence-corrected chi connectivity index (χ0v) is 34.2. The van der Waals surface area contributed by atoms with Crippen LogP contribution in [0.5, 0.6) is 0 Å². The smallest absolute Gasteiger partial charge is 0.164 e. The van der Waals surface area contributed by atoms with E-state index in [4.69, 9.17) is 24.9 Å². The second kappa shape index (κ2) is 15.1. The molecule has 8 heteroatoms. The number of nitriles is 1. The topological polar surface area (TPSA) is 98.1 Å². The van der Waals surface area contributed by atoms with Gasteiger partial charge < -0.3 is 4.57 Å². The Morgan fingerprint density at radius 3 is 1.45 bits per heavy atom. The van der Waals surface area contributed by atoms with Gasteiger partial charge in [0.25, 0.3) is 0 Å². The minimum Gasteiger partial charge on any atom is -0.308 e. The highest BCUT2D eigenvalue weighted by molar-refractivity contribution is 6.26. The summed E-state index contributed by atoms with van der Waals surface area (Å²) in [6, 6.07) is 72.0. The SMILES string of the molecule is N#Cc1cc(-c2nc(-c3ccccc3)nc(-c3ccccc3)n2)ccc1-n1c2ccccc2c2c1ccc1c3ccccc3n(-c3cc(-c4ccccc4)nc(-c4ccccc4)n3)c12. The molecule has 0 N–H and O–H groups in total. The normalized spacial score (nSPS) is 11.4. The van der Waals surface area contributed by atoms with E-state index in [1.807, 2.05) is 115 Å². The predicted molar refractivity (Wildman–Crippen MR) is 256 cm³/mol. The highest BCUT2D eigenvalue weighted by Gasteiger charge is 2.24. The van der Waals surface area contributed by atoms with E-state index in [1.165, 1.54) is 0 Å². The molecule has 0 spiro atoms. The molecule has 0 fully saturated rings. The van der Waals surface area contributed by atoms with Crippen LogP contribution in [0, 0.1) is 11.3 Å². The highest BCUT2D eigenvalue weighted by Crippen LogP contribution is 2.43. The van der Waals surface area contributed by atoms with E-state index in [0.29, 0.717) is 34.4 Å². The number of para-hydroxylation sites is 2. The maximum Gasteiger partial charge on any atom is 0.164 e. The molecule has 4 heterocycles. The lowest BCUT2D eigenvalue weighted by Gasteiger charge is -2.13. The summed E-state index contributed by atoms with van der Waals surface area (Å²) in [5.41, 5.74) is 10.5. The number of rotatable bonds is 7. The Balaban J connectivity index is 1.10. The fourth-order valence-corrected chi connectivity index (χ4v) is 8.93. The standard InChI is InChI=1S/C56H34N8/c57-35-41-33-40(56-61-54(38-21-9-3-10-22-38)60-55(62-56)39-23-11-4-12-24-39)29-31-46(41)63-48-28-16-14-26-44(48)51-49(63)32-30-43-42-25-13-15-27-47(42)64(52(43)51)50-34-45(36-17-5-1-6-18-36)58-53(59-50)37-19-7-2-8-20-37/h1-34H. The van der Waals surface area contributed by atoms with Gasteiger partial charge in [0.2, 0.25) is 0 Å². The molecule has 0 saturated heterocycles. The first-order chi connectivity index (χ1) is 31.7. The second-order valence-corrected chi connectivity index (χ2v) is 15.6. The number of benzene rings is 8. The van der Waals surface area contributed by atoms with Crippen LogP contribution in [0.3, 0.4) is 0 Å². The monoisotopic (exact) mass is 818 g/mol. The van der Waals surface area contributed by atoms with Gasteiger partial charge in [0, 0.05) is 55.4 Å². The Bertz CT molecular complexity index is 3660. The first-order valence-corrected chi connectivity index (χ1v) is 21.1. The maximum atomic E-state index is 11.0. The Hall–Kier alpha value is -9.06. The lowest BCUT2D eigenvalue weighted by atomic mass is 10.1. The van der Waals surface area contributed by atoms with Crippen LogP contribution in [-0.4, -0.2) is 34.1 Å². The van der Waals surface area contributed by atoms with Crippen molar-refractivity contribution in [3.05, 3.63) is 212 Å². The predicted octanol–water partition coefficient (Wildman–Crippen LogP) is 13.1. The lowest BCUT2D eigenvalue weighted by molar-refractivity contribution is 1.05. The van der Waals surface area contributed by atoms with Crippen LogP contribution in [0.1, 0.15) is 5.56 Å². The number of aromatic nitrogens is 7. The van der Waals surface area contributed by atoms with Gasteiger partial charge in [0.05, 0.1) is 39.0 Å². The van der Waals surface area contributed by atoms with Crippen LogP contribution in [0.4, 0.5) is 0 Å². The van der Waals surface area contributed by atoms with E-state index in [0.717, 1.165) is 83.1 Å². The van der Waals surface area contributed by atoms with Crippen molar-refractivity contribution in [1.29, 1.82) is 5.26 Å². The molecule has 0 aliphatic carbocycles. The molecule has 298 valence electrons. The number of nitrogens with zero attached hydrogens (tertiary/aromatic N) is 8. The van der Waals surface area contributed by atoms with Crippen molar-refractivity contribution in [2.45, 2.75) is 0 Å². The molecule has 0 unspecified atom stereocenters. The quantitative estimate of drug-likeness (QED) is 0.159. The summed E-state index contributed by atoms with van der Waals surface area (Å²) in [5.74, 6) is 3.00. The van der Waals surface area contributed by atoms with E-state index < -0.39 is 0 Å². The van der Waals surface area contributed by atoms with Gasteiger partial charge in [0.15, 0.2) is 23.3 Å². The average Bonchev–Trinajstić information content (AvgIpc) is 3.90. The van der Waals surface area contributed by atoms with E-state index in [2.05, 4.69) is 106 Å². The summed E-state index contributed by atoms with van der Waals surface area (Å²) in [7, 11) is 0. The summed E-state index contributed by atoms with van der Waals surface area (Å²) in [6.45, 7) is 0. The van der Waals surface area contributed by atoms with Gasteiger partial charge in [-0.1, -0.05) is 164 Å². The molecule has 0 amide bonds. The number of fused-ring (bicyclic) bond motifs is 7. The van der Waals surface area contributed by atoms with Crippen LogP contribution in [-0.2, 0) is 0 Å². The summed E-state index contributed by atoms with van der Waals surface area (Å²) >= 11 is 0. The molecule has 0 atom stereocenters. The van der Waals surface area contributed by atoms with E-state index in [1.54, 1.807) is 0 Å². The summed E-state index contributed by atoms with van der Waals surface area (Å²) < 4.78 is 4.49. The Morgan fingerprint density at radius 1 is 0.359 bits per heavy atom. The fourth-order valence-electron chi connectivity index (χ4n) is 8.93. The molecule has 64 heavy (non-hydrogen) atoms. The zero-order valence-electron chi connectivity index (χ0n) is 34.2. The van der Waals surface area contributed by atoms with Crippen molar-refractivity contribution >= 4 is 43.6 Å². The molecule has 12 rings (SSSR count). The summed E-state index contributed by atoms with van der Waals surface area (Å²) in [6.07, 6.45) is 0. The summed E-state index contributed by atoms with van der Waals surface area (Å²) in [4.78, 5) is 25.2. The molecule has 0 bridgehead atoms. The third kappa shape index (κ3) is 6.11. The molecule has 0 radical (unpaired) electrons. The third-order valence-electron chi connectivity index (χ3n) is 11.8. The van der Waals surface area contributed by atoms with Crippen LogP contribution < -0.4 is 0 Å². The van der Waals surface area contributed by atoms with Crippen molar-refractivity contribution < 1.29 is 0 Å². The fraction of sp³-hybridized carbons (Fsp3) is 0. The van der Waals surface area contributed by atoms with Crippen LogP contribution in [0.25, 0.3) is 112 Å². The lowest BCUT2D eigenvalue weighted by Crippen LogP contribution is -2.03. The molecular weight excluding hydrogens is 785 g/mol. The summed E-state index contributed by atoms with van der Waals surface area (Å²) in [5, 5.41) is 15.3. The first kappa shape index (κ1) is 36.8. The van der Waals surface area contributed by atoms with Crippen molar-refractivity contribution in [2.24, 2.45) is 0 Å². The van der Waals surface area contributed by atoms with Crippen molar-refractivity contribution in [1.82, 2.24) is 34.1 Å². The molecule has 12 aromatic rings. The number of hydrogen-bond donors (Lipinski definition) is 0. The van der Waals surface area contributed by atoms with E-state index in [9.17, 15) is 5.26 Å². The van der Waals surface area contributed by atoms with E-state index >= 15 is 0 Å². The Morgan fingerprint density at radius 2 is 0.859 bits per heavy atom.